The average Bonchev–Trinajstić information content (AvgIpc) is 2.53. The summed E-state index contributed by atoms with van der Waals surface area (Å²) in [5.41, 5.74) is 1.09. The highest BCUT2D eigenvalue weighted by atomic mass is 16.5. The van der Waals surface area contributed by atoms with E-state index >= 15 is 0 Å². The van der Waals surface area contributed by atoms with Crippen molar-refractivity contribution in [1.82, 2.24) is 10.5 Å². The van der Waals surface area contributed by atoms with Gasteiger partial charge in [0.1, 0.15) is 11.5 Å². The van der Waals surface area contributed by atoms with Gasteiger partial charge in [-0.1, -0.05) is 24.9 Å². The standard InChI is InChI=1S/C11H18N2O/c1-2-9-8-11(13-14-9)10-6-4-3-5-7-12-10/h8,10,12H,2-7H2,1H3. The van der Waals surface area contributed by atoms with Crippen molar-refractivity contribution in [2.45, 2.75) is 45.1 Å². The SMILES string of the molecule is CCc1cc(C2CCCCCN2)no1. The summed E-state index contributed by atoms with van der Waals surface area (Å²) in [5.74, 6) is 0.992. The van der Waals surface area contributed by atoms with E-state index in [1.54, 1.807) is 0 Å². The Morgan fingerprint density at radius 3 is 3.21 bits per heavy atom. The van der Waals surface area contributed by atoms with Gasteiger partial charge < -0.3 is 9.84 Å². The molecule has 0 bridgehead atoms. The van der Waals surface area contributed by atoms with Gasteiger partial charge in [-0.05, 0) is 19.4 Å². The molecule has 1 unspecified atom stereocenters. The van der Waals surface area contributed by atoms with E-state index < -0.39 is 0 Å². The molecule has 1 fully saturated rings. The van der Waals surface area contributed by atoms with Crippen LogP contribution >= 0.6 is 0 Å². The number of hydrogen-bond donors (Lipinski definition) is 1. The number of aromatic nitrogens is 1. The molecular weight excluding hydrogens is 176 g/mol. The highest BCUT2D eigenvalue weighted by Crippen LogP contribution is 2.22. The van der Waals surface area contributed by atoms with Crippen LogP contribution in [0.5, 0.6) is 0 Å². The van der Waals surface area contributed by atoms with Crippen LogP contribution in [0.4, 0.5) is 0 Å². The molecule has 1 atom stereocenters. The smallest absolute Gasteiger partial charge is 0.136 e. The van der Waals surface area contributed by atoms with Gasteiger partial charge in [0, 0.05) is 12.5 Å². The molecule has 0 radical (unpaired) electrons. The van der Waals surface area contributed by atoms with Crippen LogP contribution in [0.25, 0.3) is 0 Å². The molecule has 3 heteroatoms. The van der Waals surface area contributed by atoms with Crippen molar-refractivity contribution in [3.63, 3.8) is 0 Å². The molecule has 1 saturated heterocycles. The van der Waals surface area contributed by atoms with Gasteiger partial charge >= 0.3 is 0 Å². The maximum Gasteiger partial charge on any atom is 0.136 e. The van der Waals surface area contributed by atoms with Crippen molar-refractivity contribution in [2.24, 2.45) is 0 Å². The summed E-state index contributed by atoms with van der Waals surface area (Å²) in [4.78, 5) is 0. The minimum absolute atomic E-state index is 0.418. The summed E-state index contributed by atoms with van der Waals surface area (Å²) in [7, 11) is 0. The van der Waals surface area contributed by atoms with Crippen LogP contribution in [0.3, 0.4) is 0 Å². The largest absolute Gasteiger partial charge is 0.361 e. The molecule has 2 heterocycles. The predicted molar refractivity (Wildman–Crippen MR) is 55.1 cm³/mol. The first kappa shape index (κ1) is 9.71. The highest BCUT2D eigenvalue weighted by molar-refractivity contribution is 5.10. The Labute approximate surface area is 84.9 Å². The Morgan fingerprint density at radius 1 is 1.50 bits per heavy atom. The molecule has 0 aromatic carbocycles. The minimum atomic E-state index is 0.418. The van der Waals surface area contributed by atoms with Gasteiger partial charge in [0.25, 0.3) is 0 Å². The molecule has 2 rings (SSSR count). The van der Waals surface area contributed by atoms with Crippen molar-refractivity contribution in [1.29, 1.82) is 0 Å². The maximum absolute atomic E-state index is 5.22. The summed E-state index contributed by atoms with van der Waals surface area (Å²) >= 11 is 0. The molecule has 78 valence electrons. The van der Waals surface area contributed by atoms with Crippen LogP contribution in [-0.4, -0.2) is 11.7 Å². The molecule has 1 aliphatic heterocycles. The summed E-state index contributed by atoms with van der Waals surface area (Å²) in [5, 5.41) is 7.63. The molecular formula is C11H18N2O. The van der Waals surface area contributed by atoms with Crippen molar-refractivity contribution in [2.75, 3.05) is 6.54 Å². The van der Waals surface area contributed by atoms with Gasteiger partial charge in [-0.3, -0.25) is 0 Å². The summed E-state index contributed by atoms with van der Waals surface area (Å²) in [6.45, 7) is 3.20. The second kappa shape index (κ2) is 4.60. The Kier molecular flexibility index (Phi) is 3.19. The fourth-order valence-corrected chi connectivity index (χ4v) is 1.94. The second-order valence-electron chi connectivity index (χ2n) is 3.93. The number of nitrogens with zero attached hydrogens (tertiary/aromatic N) is 1. The Hall–Kier alpha value is -0.830. The lowest BCUT2D eigenvalue weighted by Gasteiger charge is -2.11. The van der Waals surface area contributed by atoms with E-state index in [4.69, 9.17) is 4.52 Å². The average molecular weight is 194 g/mol. The number of rotatable bonds is 2. The first-order valence-electron chi connectivity index (χ1n) is 5.59. The first-order valence-corrected chi connectivity index (χ1v) is 5.59. The monoisotopic (exact) mass is 194 g/mol. The third kappa shape index (κ3) is 2.15. The predicted octanol–water partition coefficient (Wildman–Crippen LogP) is 2.44. The third-order valence-electron chi connectivity index (χ3n) is 2.84. The van der Waals surface area contributed by atoms with Crippen molar-refractivity contribution < 1.29 is 4.52 Å². The van der Waals surface area contributed by atoms with Gasteiger partial charge in [0.15, 0.2) is 0 Å². The first-order chi connectivity index (χ1) is 6.90. The zero-order chi connectivity index (χ0) is 9.80. The lowest BCUT2D eigenvalue weighted by molar-refractivity contribution is 0.368. The van der Waals surface area contributed by atoms with Crippen LogP contribution < -0.4 is 5.32 Å². The van der Waals surface area contributed by atoms with Crippen molar-refractivity contribution >= 4 is 0 Å². The number of hydrogen-bond acceptors (Lipinski definition) is 3. The molecule has 3 nitrogen and oxygen atoms in total. The second-order valence-corrected chi connectivity index (χ2v) is 3.93. The Balaban J connectivity index is 2.04. The molecule has 0 saturated carbocycles. The normalized spacial score (nSPS) is 23.4. The van der Waals surface area contributed by atoms with Crippen LogP contribution in [0.2, 0.25) is 0 Å². The molecule has 0 spiro atoms. The van der Waals surface area contributed by atoms with Crippen molar-refractivity contribution in [3.05, 3.63) is 17.5 Å². The van der Waals surface area contributed by atoms with E-state index in [2.05, 4.69) is 23.5 Å². The highest BCUT2D eigenvalue weighted by Gasteiger charge is 2.17. The summed E-state index contributed by atoms with van der Waals surface area (Å²) < 4.78 is 5.22. The molecule has 14 heavy (non-hydrogen) atoms. The van der Waals surface area contributed by atoms with Crippen LogP contribution in [0.15, 0.2) is 10.6 Å². The van der Waals surface area contributed by atoms with Gasteiger partial charge in [0.2, 0.25) is 0 Å². The van der Waals surface area contributed by atoms with Gasteiger partial charge in [0.05, 0.1) is 6.04 Å². The van der Waals surface area contributed by atoms with E-state index in [0.717, 1.165) is 24.4 Å². The van der Waals surface area contributed by atoms with Crippen LogP contribution in [-0.2, 0) is 6.42 Å². The Bertz CT molecular complexity index is 275. The number of nitrogens with one attached hydrogen (secondary N) is 1. The molecule has 1 aromatic heterocycles. The number of aryl methyl sites for hydroxylation is 1. The van der Waals surface area contributed by atoms with Gasteiger partial charge in [-0.25, -0.2) is 0 Å². The fourth-order valence-electron chi connectivity index (χ4n) is 1.94. The van der Waals surface area contributed by atoms with Crippen molar-refractivity contribution in [3.8, 4) is 0 Å². The molecule has 0 aliphatic carbocycles. The van der Waals surface area contributed by atoms with Gasteiger partial charge in [-0.2, -0.15) is 0 Å². The third-order valence-corrected chi connectivity index (χ3v) is 2.84. The lowest BCUT2D eigenvalue weighted by Crippen LogP contribution is -2.20. The van der Waals surface area contributed by atoms with E-state index in [0.29, 0.717) is 6.04 Å². The van der Waals surface area contributed by atoms with Gasteiger partial charge in [-0.15, -0.1) is 0 Å². The quantitative estimate of drug-likeness (QED) is 0.785. The maximum atomic E-state index is 5.22. The molecule has 1 aromatic rings. The summed E-state index contributed by atoms with van der Waals surface area (Å²) in [6.07, 6.45) is 6.04. The van der Waals surface area contributed by atoms with E-state index in [9.17, 15) is 0 Å². The molecule has 0 amide bonds. The Morgan fingerprint density at radius 2 is 2.43 bits per heavy atom. The fraction of sp³-hybridized carbons (Fsp3) is 0.727. The zero-order valence-electron chi connectivity index (χ0n) is 8.75. The van der Waals surface area contributed by atoms with Crippen LogP contribution in [0, 0.1) is 0 Å². The molecule has 1 N–H and O–H groups in total. The van der Waals surface area contributed by atoms with E-state index in [1.807, 2.05) is 0 Å². The lowest BCUT2D eigenvalue weighted by atomic mass is 10.1. The summed E-state index contributed by atoms with van der Waals surface area (Å²) in [6, 6.07) is 2.50. The topological polar surface area (TPSA) is 38.1 Å². The van der Waals surface area contributed by atoms with Crippen LogP contribution in [0.1, 0.15) is 50.1 Å². The van der Waals surface area contributed by atoms with E-state index in [-0.39, 0.29) is 0 Å². The molecule has 1 aliphatic rings. The minimum Gasteiger partial charge on any atom is -0.361 e. The van der Waals surface area contributed by atoms with E-state index in [1.165, 1.54) is 25.7 Å². The zero-order valence-corrected chi connectivity index (χ0v) is 8.75.